The summed E-state index contributed by atoms with van der Waals surface area (Å²) in [4.78, 5) is 19.0. The van der Waals surface area contributed by atoms with Crippen LogP contribution in [-0.4, -0.2) is 19.6 Å². The Morgan fingerprint density at radius 2 is 1.90 bits per heavy atom. The van der Waals surface area contributed by atoms with Gasteiger partial charge in [-0.25, -0.2) is 9.78 Å². The molecule has 3 rings (SSSR count). The van der Waals surface area contributed by atoms with Gasteiger partial charge in [0.1, 0.15) is 5.82 Å². The molecule has 0 spiro atoms. The number of aryl methyl sites for hydroxylation is 4. The lowest BCUT2D eigenvalue weighted by molar-refractivity contribution is 0.810. The minimum absolute atomic E-state index is 0.258. The number of aromatic nitrogens is 4. The van der Waals surface area contributed by atoms with Gasteiger partial charge in [-0.05, 0) is 38.8 Å². The molecule has 0 radical (unpaired) electrons. The molecule has 102 valence electrons. The molecular formula is C15H16N4O. The number of rotatable bonds is 1. The van der Waals surface area contributed by atoms with Gasteiger partial charge in [-0.15, -0.1) is 0 Å². The first-order valence-electron chi connectivity index (χ1n) is 6.51. The highest BCUT2D eigenvalue weighted by Gasteiger charge is 2.16. The SMILES string of the molecule is Cc1ccc(-c2c(C)nn3c(=O)[nH]c(C)nc23)c(C)c1. The zero-order valence-corrected chi connectivity index (χ0v) is 12.0. The Balaban J connectivity index is 2.42. The maximum Gasteiger partial charge on any atom is 0.349 e. The third kappa shape index (κ3) is 1.82. The van der Waals surface area contributed by atoms with E-state index in [1.807, 2.05) is 6.92 Å². The summed E-state index contributed by atoms with van der Waals surface area (Å²) in [6, 6.07) is 6.25. The highest BCUT2D eigenvalue weighted by Crippen LogP contribution is 2.29. The van der Waals surface area contributed by atoms with Crippen LogP contribution in [0.2, 0.25) is 0 Å². The normalized spacial score (nSPS) is 11.2. The second-order valence-electron chi connectivity index (χ2n) is 5.14. The minimum Gasteiger partial charge on any atom is -0.294 e. The lowest BCUT2D eigenvalue weighted by Crippen LogP contribution is -2.19. The molecule has 0 bridgehead atoms. The number of nitrogens with one attached hydrogen (secondary N) is 1. The number of hydrogen-bond donors (Lipinski definition) is 1. The van der Waals surface area contributed by atoms with Crippen LogP contribution in [0.4, 0.5) is 0 Å². The Hall–Kier alpha value is -2.43. The molecule has 0 saturated carbocycles. The van der Waals surface area contributed by atoms with Crippen molar-refractivity contribution in [2.24, 2.45) is 0 Å². The summed E-state index contributed by atoms with van der Waals surface area (Å²) in [5.74, 6) is 0.591. The van der Waals surface area contributed by atoms with Crippen LogP contribution in [0.15, 0.2) is 23.0 Å². The molecule has 0 aliphatic heterocycles. The van der Waals surface area contributed by atoms with Gasteiger partial charge >= 0.3 is 5.69 Å². The summed E-state index contributed by atoms with van der Waals surface area (Å²) in [5.41, 5.74) is 5.52. The van der Waals surface area contributed by atoms with Gasteiger partial charge in [0.05, 0.1) is 11.3 Å². The molecule has 0 unspecified atom stereocenters. The van der Waals surface area contributed by atoms with Crippen molar-refractivity contribution in [3.8, 4) is 11.1 Å². The zero-order valence-electron chi connectivity index (χ0n) is 12.0. The summed E-state index contributed by atoms with van der Waals surface area (Å²) in [6.07, 6.45) is 0. The fourth-order valence-corrected chi connectivity index (χ4v) is 2.56. The molecule has 20 heavy (non-hydrogen) atoms. The molecule has 0 fully saturated rings. The standard InChI is InChI=1S/C15H16N4O/c1-8-5-6-12(9(2)7-8)13-10(3)18-19-14(13)16-11(4)17-15(19)20/h5-7H,1-4H3,(H,16,17,20). The molecular weight excluding hydrogens is 252 g/mol. The summed E-state index contributed by atoms with van der Waals surface area (Å²) < 4.78 is 1.33. The lowest BCUT2D eigenvalue weighted by atomic mass is 9.99. The largest absolute Gasteiger partial charge is 0.349 e. The Labute approximate surface area is 116 Å². The zero-order chi connectivity index (χ0) is 14.4. The van der Waals surface area contributed by atoms with Crippen LogP contribution in [0.5, 0.6) is 0 Å². The Kier molecular flexibility index (Phi) is 2.71. The maximum atomic E-state index is 11.9. The number of hydrogen-bond acceptors (Lipinski definition) is 3. The van der Waals surface area contributed by atoms with Gasteiger partial charge in [0, 0.05) is 0 Å². The van der Waals surface area contributed by atoms with E-state index in [1.165, 1.54) is 10.1 Å². The fourth-order valence-electron chi connectivity index (χ4n) is 2.56. The van der Waals surface area contributed by atoms with Gasteiger partial charge in [-0.1, -0.05) is 23.8 Å². The van der Waals surface area contributed by atoms with Gasteiger partial charge in [-0.3, -0.25) is 4.98 Å². The number of aromatic amines is 1. The topological polar surface area (TPSA) is 63.1 Å². The first kappa shape index (κ1) is 12.6. The summed E-state index contributed by atoms with van der Waals surface area (Å²) in [7, 11) is 0. The molecule has 0 atom stereocenters. The Morgan fingerprint density at radius 1 is 1.15 bits per heavy atom. The molecule has 2 heterocycles. The van der Waals surface area contributed by atoms with E-state index in [-0.39, 0.29) is 5.69 Å². The van der Waals surface area contributed by atoms with E-state index in [0.29, 0.717) is 11.5 Å². The number of nitrogens with zero attached hydrogens (tertiary/aromatic N) is 3. The molecule has 0 saturated heterocycles. The van der Waals surface area contributed by atoms with Crippen molar-refractivity contribution in [1.82, 2.24) is 19.6 Å². The summed E-state index contributed by atoms with van der Waals surface area (Å²) in [5, 5.41) is 4.30. The van der Waals surface area contributed by atoms with Crippen LogP contribution in [0, 0.1) is 27.7 Å². The van der Waals surface area contributed by atoms with Crippen molar-refractivity contribution < 1.29 is 0 Å². The number of benzene rings is 1. The van der Waals surface area contributed by atoms with E-state index in [9.17, 15) is 4.79 Å². The van der Waals surface area contributed by atoms with E-state index < -0.39 is 0 Å². The molecule has 1 N–H and O–H groups in total. The van der Waals surface area contributed by atoms with Crippen LogP contribution in [0.3, 0.4) is 0 Å². The van der Waals surface area contributed by atoms with Gasteiger partial charge in [0.2, 0.25) is 0 Å². The average molecular weight is 268 g/mol. The quantitative estimate of drug-likeness (QED) is 0.736. The van der Waals surface area contributed by atoms with Crippen molar-refractivity contribution in [2.45, 2.75) is 27.7 Å². The molecule has 0 aliphatic rings. The third-order valence-corrected chi connectivity index (χ3v) is 3.44. The van der Waals surface area contributed by atoms with Crippen molar-refractivity contribution >= 4 is 5.65 Å². The smallest absolute Gasteiger partial charge is 0.294 e. The van der Waals surface area contributed by atoms with Crippen LogP contribution in [0.1, 0.15) is 22.6 Å². The van der Waals surface area contributed by atoms with Gasteiger partial charge in [-0.2, -0.15) is 9.61 Å². The van der Waals surface area contributed by atoms with E-state index in [0.717, 1.165) is 22.4 Å². The highest BCUT2D eigenvalue weighted by molar-refractivity contribution is 5.81. The maximum absolute atomic E-state index is 11.9. The number of fused-ring (bicyclic) bond motifs is 1. The van der Waals surface area contributed by atoms with Crippen molar-refractivity contribution in [3.05, 3.63) is 51.3 Å². The van der Waals surface area contributed by atoms with E-state index in [4.69, 9.17) is 0 Å². The molecule has 1 aromatic carbocycles. The van der Waals surface area contributed by atoms with Gasteiger partial charge in [0.25, 0.3) is 0 Å². The number of H-pyrrole nitrogens is 1. The summed E-state index contributed by atoms with van der Waals surface area (Å²) in [6.45, 7) is 7.80. The predicted molar refractivity (Wildman–Crippen MR) is 78.0 cm³/mol. The van der Waals surface area contributed by atoms with Crippen LogP contribution < -0.4 is 5.69 Å². The molecule has 5 nitrogen and oxygen atoms in total. The third-order valence-electron chi connectivity index (χ3n) is 3.44. The monoisotopic (exact) mass is 268 g/mol. The second-order valence-corrected chi connectivity index (χ2v) is 5.14. The fraction of sp³-hybridized carbons (Fsp3) is 0.267. The molecule has 2 aromatic heterocycles. The van der Waals surface area contributed by atoms with Crippen molar-refractivity contribution in [2.75, 3.05) is 0 Å². The lowest BCUT2D eigenvalue weighted by Gasteiger charge is -2.06. The van der Waals surface area contributed by atoms with E-state index in [2.05, 4.69) is 47.1 Å². The molecule has 3 aromatic rings. The average Bonchev–Trinajstić information content (AvgIpc) is 2.67. The molecule has 0 amide bonds. The van der Waals surface area contributed by atoms with E-state index in [1.54, 1.807) is 6.92 Å². The Bertz CT molecular complexity index is 873. The predicted octanol–water partition coefficient (Wildman–Crippen LogP) is 2.32. The van der Waals surface area contributed by atoms with Crippen molar-refractivity contribution in [3.63, 3.8) is 0 Å². The van der Waals surface area contributed by atoms with Crippen molar-refractivity contribution in [1.29, 1.82) is 0 Å². The molecule has 5 heteroatoms. The Morgan fingerprint density at radius 3 is 2.60 bits per heavy atom. The van der Waals surface area contributed by atoms with Crippen LogP contribution in [-0.2, 0) is 0 Å². The van der Waals surface area contributed by atoms with E-state index >= 15 is 0 Å². The van der Waals surface area contributed by atoms with Crippen LogP contribution >= 0.6 is 0 Å². The van der Waals surface area contributed by atoms with Crippen LogP contribution in [0.25, 0.3) is 16.8 Å². The first-order valence-corrected chi connectivity index (χ1v) is 6.51. The molecule has 0 aliphatic carbocycles. The second kappa shape index (κ2) is 4.30. The first-order chi connectivity index (χ1) is 9.47. The van der Waals surface area contributed by atoms with Gasteiger partial charge < -0.3 is 0 Å². The minimum atomic E-state index is -0.258. The summed E-state index contributed by atoms with van der Waals surface area (Å²) >= 11 is 0. The highest BCUT2D eigenvalue weighted by atomic mass is 16.1. The van der Waals surface area contributed by atoms with Gasteiger partial charge in [0.15, 0.2) is 5.65 Å².